The highest BCUT2D eigenvalue weighted by Crippen LogP contribution is 2.26. The van der Waals surface area contributed by atoms with Gasteiger partial charge in [0.2, 0.25) is 5.91 Å². The molecule has 4 N–H and O–H groups in total. The molecule has 0 fully saturated rings. The normalized spacial score (nSPS) is 10.2. The fourth-order valence-electron chi connectivity index (χ4n) is 1.27. The second kappa shape index (κ2) is 8.65. The molecule has 1 heterocycles. The molecule has 1 rings (SSSR count). The molecule has 0 bridgehead atoms. The van der Waals surface area contributed by atoms with Crippen LogP contribution in [0.4, 0.5) is 11.6 Å². The van der Waals surface area contributed by atoms with Crippen LogP contribution >= 0.6 is 15.9 Å². The van der Waals surface area contributed by atoms with Crippen LogP contribution in [0.15, 0.2) is 10.8 Å². The Morgan fingerprint density at radius 3 is 2.58 bits per heavy atom. The number of carbonyl (C=O) groups is 1. The van der Waals surface area contributed by atoms with Crippen molar-refractivity contribution in [1.82, 2.24) is 9.97 Å². The van der Waals surface area contributed by atoms with Crippen LogP contribution in [0.2, 0.25) is 0 Å². The number of anilines is 2. The van der Waals surface area contributed by atoms with Gasteiger partial charge in [0.25, 0.3) is 0 Å². The summed E-state index contributed by atoms with van der Waals surface area (Å²) in [5.41, 5.74) is 4.96. The van der Waals surface area contributed by atoms with Gasteiger partial charge >= 0.3 is 0 Å². The monoisotopic (exact) mass is 331 g/mol. The molecule has 1 aromatic heterocycles. The van der Waals surface area contributed by atoms with Crippen molar-refractivity contribution in [3.63, 3.8) is 0 Å². The molecule has 0 unspecified atom stereocenters. The van der Waals surface area contributed by atoms with Gasteiger partial charge in [0.1, 0.15) is 29.0 Å². The Morgan fingerprint density at radius 2 is 2.00 bits per heavy atom. The molecule has 0 aliphatic carbocycles. The summed E-state index contributed by atoms with van der Waals surface area (Å²) in [7, 11) is 0. The number of nitrogens with one attached hydrogen (secondary N) is 2. The van der Waals surface area contributed by atoms with Gasteiger partial charge in [-0.3, -0.25) is 4.79 Å². The number of hydrogen-bond acceptors (Lipinski definition) is 6. The highest BCUT2D eigenvalue weighted by Gasteiger charge is 2.07. The number of ether oxygens (including phenoxy) is 1. The minimum Gasteiger partial charge on any atom is -0.370 e. The third-order valence-corrected chi connectivity index (χ3v) is 2.87. The predicted octanol–water partition coefficient (Wildman–Crippen LogP) is 0.975. The number of primary amides is 1. The Hall–Kier alpha value is -1.41. The van der Waals surface area contributed by atoms with Crippen LogP contribution < -0.4 is 16.4 Å². The average molecular weight is 332 g/mol. The Labute approximate surface area is 120 Å². The molecule has 0 aliphatic rings. The number of nitrogens with zero attached hydrogens (tertiary/aromatic N) is 2. The van der Waals surface area contributed by atoms with Gasteiger partial charge < -0.3 is 21.1 Å². The van der Waals surface area contributed by atoms with Gasteiger partial charge in [-0.1, -0.05) is 6.92 Å². The van der Waals surface area contributed by atoms with E-state index in [1.54, 1.807) is 0 Å². The second-order valence-electron chi connectivity index (χ2n) is 3.76. The lowest BCUT2D eigenvalue weighted by molar-refractivity contribution is -0.122. The molecule has 0 spiro atoms. The summed E-state index contributed by atoms with van der Waals surface area (Å²) in [5, 5.41) is 6.28. The number of nitrogens with two attached hydrogens (primary N) is 1. The molecule has 0 atom stereocenters. The zero-order valence-corrected chi connectivity index (χ0v) is 12.4. The van der Waals surface area contributed by atoms with E-state index in [0.29, 0.717) is 19.0 Å². The topological polar surface area (TPSA) is 102 Å². The SMILES string of the molecule is CCCNc1ncnc(NCCOCC(N)=O)c1Br. The number of aromatic nitrogens is 2. The van der Waals surface area contributed by atoms with Crippen LogP contribution in [-0.2, 0) is 9.53 Å². The third kappa shape index (κ3) is 5.84. The van der Waals surface area contributed by atoms with E-state index < -0.39 is 5.91 Å². The Bertz CT molecular complexity index is 416. The van der Waals surface area contributed by atoms with Gasteiger partial charge in [0.15, 0.2) is 0 Å². The van der Waals surface area contributed by atoms with Gasteiger partial charge in [0, 0.05) is 13.1 Å². The number of hydrogen-bond donors (Lipinski definition) is 3. The molecule has 0 aromatic carbocycles. The van der Waals surface area contributed by atoms with Crippen LogP contribution in [-0.4, -0.2) is 42.2 Å². The fourth-order valence-corrected chi connectivity index (χ4v) is 1.76. The van der Waals surface area contributed by atoms with Crippen molar-refractivity contribution in [2.75, 3.05) is 36.9 Å². The van der Waals surface area contributed by atoms with Crippen LogP contribution in [0.1, 0.15) is 13.3 Å². The van der Waals surface area contributed by atoms with Crippen LogP contribution in [0, 0.1) is 0 Å². The molecule has 106 valence electrons. The minimum absolute atomic E-state index is 0.0735. The zero-order valence-electron chi connectivity index (χ0n) is 10.8. The average Bonchev–Trinajstić information content (AvgIpc) is 2.38. The standard InChI is InChI=1S/C11H18BrN5O2/c1-2-3-14-10-9(12)11(17-7-16-10)15-4-5-19-6-8(13)18/h7H,2-6H2,1H3,(H2,13,18)(H2,14,15,16,17). The molecular weight excluding hydrogens is 314 g/mol. The van der Waals surface area contributed by atoms with Crippen molar-refractivity contribution in [2.45, 2.75) is 13.3 Å². The van der Waals surface area contributed by atoms with Gasteiger partial charge in [-0.2, -0.15) is 0 Å². The van der Waals surface area contributed by atoms with E-state index in [4.69, 9.17) is 10.5 Å². The largest absolute Gasteiger partial charge is 0.370 e. The molecule has 0 saturated heterocycles. The predicted molar refractivity (Wildman–Crippen MR) is 77.0 cm³/mol. The third-order valence-electron chi connectivity index (χ3n) is 2.12. The van der Waals surface area contributed by atoms with Gasteiger partial charge in [-0.25, -0.2) is 9.97 Å². The summed E-state index contributed by atoms with van der Waals surface area (Å²) < 4.78 is 5.82. The van der Waals surface area contributed by atoms with Crippen molar-refractivity contribution in [3.05, 3.63) is 10.8 Å². The maximum Gasteiger partial charge on any atom is 0.243 e. The van der Waals surface area contributed by atoms with E-state index >= 15 is 0 Å². The number of amides is 1. The van der Waals surface area contributed by atoms with E-state index in [2.05, 4.69) is 43.5 Å². The lowest BCUT2D eigenvalue weighted by atomic mass is 10.4. The fraction of sp³-hybridized carbons (Fsp3) is 0.545. The van der Waals surface area contributed by atoms with Gasteiger partial charge in [-0.15, -0.1) is 0 Å². The van der Waals surface area contributed by atoms with Crippen molar-refractivity contribution in [2.24, 2.45) is 5.73 Å². The zero-order chi connectivity index (χ0) is 14.1. The summed E-state index contributed by atoms with van der Waals surface area (Å²) in [4.78, 5) is 18.7. The van der Waals surface area contributed by atoms with Crippen molar-refractivity contribution >= 4 is 33.5 Å². The Morgan fingerprint density at radius 1 is 1.37 bits per heavy atom. The van der Waals surface area contributed by atoms with E-state index in [-0.39, 0.29) is 6.61 Å². The van der Waals surface area contributed by atoms with Crippen molar-refractivity contribution < 1.29 is 9.53 Å². The summed E-state index contributed by atoms with van der Waals surface area (Å²) in [6, 6.07) is 0. The lowest BCUT2D eigenvalue weighted by Gasteiger charge is -2.11. The first-order valence-electron chi connectivity index (χ1n) is 5.99. The second-order valence-corrected chi connectivity index (χ2v) is 4.55. The Kier molecular flexibility index (Phi) is 7.12. The number of rotatable bonds is 9. The summed E-state index contributed by atoms with van der Waals surface area (Å²) >= 11 is 3.44. The van der Waals surface area contributed by atoms with Crippen LogP contribution in [0.25, 0.3) is 0 Å². The molecule has 0 radical (unpaired) electrons. The molecule has 8 heteroatoms. The first kappa shape index (κ1) is 15.6. The number of carbonyl (C=O) groups excluding carboxylic acids is 1. The van der Waals surface area contributed by atoms with E-state index in [9.17, 15) is 4.79 Å². The first-order valence-corrected chi connectivity index (χ1v) is 6.78. The van der Waals surface area contributed by atoms with E-state index in [0.717, 1.165) is 23.3 Å². The van der Waals surface area contributed by atoms with Crippen LogP contribution in [0.3, 0.4) is 0 Å². The maximum atomic E-state index is 10.5. The first-order chi connectivity index (χ1) is 9.15. The highest BCUT2D eigenvalue weighted by molar-refractivity contribution is 9.10. The minimum atomic E-state index is -0.478. The molecule has 0 saturated carbocycles. The quantitative estimate of drug-likeness (QED) is 0.583. The van der Waals surface area contributed by atoms with Crippen LogP contribution in [0.5, 0.6) is 0 Å². The number of halogens is 1. The van der Waals surface area contributed by atoms with Gasteiger partial charge in [-0.05, 0) is 22.4 Å². The molecule has 0 aliphatic heterocycles. The molecule has 1 aromatic rings. The molecule has 1 amide bonds. The molecular formula is C11H18BrN5O2. The van der Waals surface area contributed by atoms with Crippen molar-refractivity contribution in [1.29, 1.82) is 0 Å². The van der Waals surface area contributed by atoms with Gasteiger partial charge in [0.05, 0.1) is 6.61 Å². The molecule has 19 heavy (non-hydrogen) atoms. The molecule has 7 nitrogen and oxygen atoms in total. The summed E-state index contributed by atoms with van der Waals surface area (Å²) in [6.45, 7) is 3.75. The van der Waals surface area contributed by atoms with Crippen molar-refractivity contribution in [3.8, 4) is 0 Å². The maximum absolute atomic E-state index is 10.5. The highest BCUT2D eigenvalue weighted by atomic mass is 79.9. The van der Waals surface area contributed by atoms with E-state index in [1.807, 2.05) is 0 Å². The summed E-state index contributed by atoms with van der Waals surface area (Å²) in [6.07, 6.45) is 2.50. The summed E-state index contributed by atoms with van der Waals surface area (Å²) in [5.74, 6) is 0.947. The van der Waals surface area contributed by atoms with E-state index in [1.165, 1.54) is 6.33 Å². The lowest BCUT2D eigenvalue weighted by Crippen LogP contribution is -2.21. The Balaban J connectivity index is 2.42. The smallest absolute Gasteiger partial charge is 0.243 e.